The first-order chi connectivity index (χ1) is 9.54. The normalized spacial score (nSPS) is 10.6. The van der Waals surface area contributed by atoms with E-state index in [2.05, 4.69) is 6.92 Å². The van der Waals surface area contributed by atoms with Crippen LogP contribution in [0.25, 0.3) is 0 Å². The first kappa shape index (κ1) is 16.8. The maximum absolute atomic E-state index is 12.0. The number of hydrogen-bond donors (Lipinski definition) is 1. The zero-order chi connectivity index (χ0) is 15.0. The summed E-state index contributed by atoms with van der Waals surface area (Å²) in [5.74, 6) is 0.167. The third-order valence-electron chi connectivity index (χ3n) is 3.40. The number of nitrogens with two attached hydrogens (primary N) is 1. The zero-order valence-corrected chi connectivity index (χ0v) is 13.2. The highest BCUT2D eigenvalue weighted by atomic mass is 35.5. The maximum atomic E-state index is 12.0. The molecule has 1 aromatic rings. The molecule has 0 unspecified atom stereocenters. The number of halogens is 1. The Morgan fingerprint density at radius 3 is 2.65 bits per heavy atom. The van der Waals surface area contributed by atoms with Crippen molar-refractivity contribution in [3.8, 4) is 0 Å². The number of hydrogen-bond acceptors (Lipinski definition) is 2. The van der Waals surface area contributed by atoms with Gasteiger partial charge < -0.3 is 10.6 Å². The van der Waals surface area contributed by atoms with Crippen molar-refractivity contribution in [3.63, 3.8) is 0 Å². The minimum absolute atomic E-state index is 0.167. The predicted octanol–water partition coefficient (Wildman–Crippen LogP) is 4.24. The Hall–Kier alpha value is -1.22. The number of nitrogen functional groups attached to an aromatic ring is 1. The minimum atomic E-state index is 0.167. The molecule has 1 rings (SSSR count). The molecule has 0 spiro atoms. The molecule has 0 radical (unpaired) electrons. The molecule has 112 valence electrons. The molecule has 0 heterocycles. The third kappa shape index (κ3) is 5.83. The largest absolute Gasteiger partial charge is 0.399 e. The summed E-state index contributed by atoms with van der Waals surface area (Å²) in [4.78, 5) is 13.8. The molecule has 2 N–H and O–H groups in total. The van der Waals surface area contributed by atoms with Crippen LogP contribution >= 0.6 is 11.6 Å². The number of unbranched alkanes of at least 4 members (excludes halogenated alkanes) is 4. The monoisotopic (exact) mass is 296 g/mol. The van der Waals surface area contributed by atoms with Gasteiger partial charge in [-0.2, -0.15) is 0 Å². The standard InChI is InChI=1S/C16H25ClN2O/c1-3-4-5-6-7-8-16(20)19(2)12-13-11-14(18)9-10-15(13)17/h9-11H,3-8,12,18H2,1-2H3. The summed E-state index contributed by atoms with van der Waals surface area (Å²) in [6, 6.07) is 5.37. The Morgan fingerprint density at radius 1 is 1.25 bits per heavy atom. The summed E-state index contributed by atoms with van der Waals surface area (Å²) in [5, 5.41) is 0.654. The fourth-order valence-corrected chi connectivity index (χ4v) is 2.31. The molecule has 0 aliphatic heterocycles. The van der Waals surface area contributed by atoms with E-state index in [1.165, 1.54) is 19.3 Å². The van der Waals surface area contributed by atoms with Gasteiger partial charge in [0.1, 0.15) is 0 Å². The van der Waals surface area contributed by atoms with Gasteiger partial charge in [0.15, 0.2) is 0 Å². The Labute approximate surface area is 127 Å². The molecular formula is C16H25ClN2O. The van der Waals surface area contributed by atoms with Crippen LogP contribution in [0.2, 0.25) is 5.02 Å². The first-order valence-corrected chi connectivity index (χ1v) is 7.70. The van der Waals surface area contributed by atoms with Gasteiger partial charge in [0.05, 0.1) is 0 Å². The second-order valence-electron chi connectivity index (χ2n) is 5.26. The molecule has 0 aromatic heterocycles. The van der Waals surface area contributed by atoms with Gasteiger partial charge in [-0.3, -0.25) is 4.79 Å². The number of carbonyl (C=O) groups excluding carboxylic acids is 1. The van der Waals surface area contributed by atoms with Gasteiger partial charge >= 0.3 is 0 Å². The topological polar surface area (TPSA) is 46.3 Å². The Bertz CT molecular complexity index is 434. The van der Waals surface area contributed by atoms with Gasteiger partial charge in [-0.1, -0.05) is 44.2 Å². The summed E-state index contributed by atoms with van der Waals surface area (Å²) in [5.41, 5.74) is 7.31. The lowest BCUT2D eigenvalue weighted by atomic mass is 10.1. The van der Waals surface area contributed by atoms with Gasteiger partial charge in [-0.05, 0) is 30.2 Å². The van der Waals surface area contributed by atoms with E-state index in [-0.39, 0.29) is 5.91 Å². The quantitative estimate of drug-likeness (QED) is 0.576. The Kier molecular flexibility index (Phi) is 7.45. The number of carbonyl (C=O) groups is 1. The molecule has 0 aliphatic rings. The summed E-state index contributed by atoms with van der Waals surface area (Å²) in [7, 11) is 1.81. The zero-order valence-electron chi connectivity index (χ0n) is 12.5. The highest BCUT2D eigenvalue weighted by Crippen LogP contribution is 2.20. The van der Waals surface area contributed by atoms with E-state index in [4.69, 9.17) is 17.3 Å². The fourth-order valence-electron chi connectivity index (χ4n) is 2.13. The van der Waals surface area contributed by atoms with Crippen molar-refractivity contribution in [1.82, 2.24) is 4.90 Å². The van der Waals surface area contributed by atoms with Gasteiger partial charge in [-0.25, -0.2) is 0 Å². The number of benzene rings is 1. The van der Waals surface area contributed by atoms with Crippen LogP contribution in [0, 0.1) is 0 Å². The van der Waals surface area contributed by atoms with Crippen LogP contribution < -0.4 is 5.73 Å². The van der Waals surface area contributed by atoms with E-state index >= 15 is 0 Å². The Balaban J connectivity index is 2.39. The van der Waals surface area contributed by atoms with E-state index in [0.717, 1.165) is 18.4 Å². The molecule has 4 heteroatoms. The second kappa shape index (κ2) is 8.85. The molecular weight excluding hydrogens is 272 g/mol. The summed E-state index contributed by atoms with van der Waals surface area (Å²) < 4.78 is 0. The number of amides is 1. The smallest absolute Gasteiger partial charge is 0.222 e. The highest BCUT2D eigenvalue weighted by Gasteiger charge is 2.11. The average Bonchev–Trinajstić information content (AvgIpc) is 2.42. The predicted molar refractivity (Wildman–Crippen MR) is 85.7 cm³/mol. The summed E-state index contributed by atoms with van der Waals surface area (Å²) >= 11 is 6.11. The van der Waals surface area contributed by atoms with Crippen molar-refractivity contribution in [3.05, 3.63) is 28.8 Å². The van der Waals surface area contributed by atoms with Gasteiger partial charge in [-0.15, -0.1) is 0 Å². The van der Waals surface area contributed by atoms with Gasteiger partial charge in [0.25, 0.3) is 0 Å². The van der Waals surface area contributed by atoms with Gasteiger partial charge in [0, 0.05) is 30.7 Å². The number of nitrogens with zero attached hydrogens (tertiary/aromatic N) is 1. The molecule has 0 saturated carbocycles. The average molecular weight is 297 g/mol. The third-order valence-corrected chi connectivity index (χ3v) is 3.77. The van der Waals surface area contributed by atoms with E-state index in [0.29, 0.717) is 23.7 Å². The van der Waals surface area contributed by atoms with Crippen molar-refractivity contribution in [2.75, 3.05) is 12.8 Å². The van der Waals surface area contributed by atoms with Crippen molar-refractivity contribution >= 4 is 23.2 Å². The van der Waals surface area contributed by atoms with E-state index in [9.17, 15) is 4.79 Å². The van der Waals surface area contributed by atoms with Crippen LogP contribution in [0.15, 0.2) is 18.2 Å². The minimum Gasteiger partial charge on any atom is -0.399 e. The van der Waals surface area contributed by atoms with Crippen molar-refractivity contribution < 1.29 is 4.79 Å². The van der Waals surface area contributed by atoms with Crippen molar-refractivity contribution in [1.29, 1.82) is 0 Å². The van der Waals surface area contributed by atoms with E-state index < -0.39 is 0 Å². The first-order valence-electron chi connectivity index (χ1n) is 7.32. The van der Waals surface area contributed by atoms with Crippen LogP contribution in [0.1, 0.15) is 51.0 Å². The van der Waals surface area contributed by atoms with E-state index in [1.54, 1.807) is 17.0 Å². The summed E-state index contributed by atoms with van der Waals surface area (Å²) in [6.07, 6.45) is 6.40. The SMILES string of the molecule is CCCCCCCC(=O)N(C)Cc1cc(N)ccc1Cl. The fraction of sp³-hybridized carbons (Fsp3) is 0.562. The Morgan fingerprint density at radius 2 is 1.95 bits per heavy atom. The second-order valence-corrected chi connectivity index (χ2v) is 5.67. The van der Waals surface area contributed by atoms with Crippen LogP contribution in [-0.4, -0.2) is 17.9 Å². The van der Waals surface area contributed by atoms with Crippen molar-refractivity contribution in [2.24, 2.45) is 0 Å². The van der Waals surface area contributed by atoms with Crippen LogP contribution in [0.5, 0.6) is 0 Å². The summed E-state index contributed by atoms with van der Waals surface area (Å²) in [6.45, 7) is 2.70. The molecule has 0 saturated heterocycles. The maximum Gasteiger partial charge on any atom is 0.222 e. The van der Waals surface area contributed by atoms with Gasteiger partial charge in [0.2, 0.25) is 5.91 Å². The molecule has 0 fully saturated rings. The molecule has 0 aliphatic carbocycles. The molecule has 1 amide bonds. The number of rotatable bonds is 8. The lowest BCUT2D eigenvalue weighted by molar-refractivity contribution is -0.130. The van der Waals surface area contributed by atoms with Crippen molar-refractivity contribution in [2.45, 2.75) is 52.0 Å². The highest BCUT2D eigenvalue weighted by molar-refractivity contribution is 6.31. The lowest BCUT2D eigenvalue weighted by Crippen LogP contribution is -2.26. The molecule has 3 nitrogen and oxygen atoms in total. The molecule has 0 atom stereocenters. The van der Waals surface area contributed by atoms with E-state index in [1.807, 2.05) is 13.1 Å². The number of anilines is 1. The lowest BCUT2D eigenvalue weighted by Gasteiger charge is -2.18. The van der Waals surface area contributed by atoms with Crippen LogP contribution in [-0.2, 0) is 11.3 Å². The van der Waals surface area contributed by atoms with Crippen LogP contribution in [0.3, 0.4) is 0 Å². The molecule has 20 heavy (non-hydrogen) atoms. The van der Waals surface area contributed by atoms with Crippen LogP contribution in [0.4, 0.5) is 5.69 Å². The molecule has 1 aromatic carbocycles. The molecule has 0 bridgehead atoms.